The molecule has 33 heavy (non-hydrogen) atoms. The van der Waals surface area contributed by atoms with Crippen LogP contribution in [0.15, 0.2) is 42.6 Å². The molecule has 0 radical (unpaired) electrons. The lowest BCUT2D eigenvalue weighted by Gasteiger charge is -2.33. The Balaban J connectivity index is 1.65. The molecule has 1 saturated heterocycles. The standard InChI is InChI=1S/C25H32FN3O4/c1-17(2)16-33-25(31)29-12-10-18(11-13-29)14-22(20-6-9-23(32-3)27-15-20)28-24(30)19-4-7-21(26)8-5-19/h4-9,15,17-18,22H,10-14,16H2,1-3H3,(H,28,30). The van der Waals surface area contributed by atoms with E-state index in [-0.39, 0.29) is 23.9 Å². The second-order valence-electron chi connectivity index (χ2n) is 8.80. The summed E-state index contributed by atoms with van der Waals surface area (Å²) in [7, 11) is 1.55. The fraction of sp³-hybridized carbons (Fsp3) is 0.480. The van der Waals surface area contributed by atoms with E-state index < -0.39 is 0 Å². The van der Waals surface area contributed by atoms with Gasteiger partial charge in [-0.2, -0.15) is 0 Å². The van der Waals surface area contributed by atoms with E-state index in [1.54, 1.807) is 24.3 Å². The van der Waals surface area contributed by atoms with Crippen LogP contribution in [-0.2, 0) is 4.74 Å². The predicted molar refractivity (Wildman–Crippen MR) is 122 cm³/mol. The highest BCUT2D eigenvalue weighted by atomic mass is 19.1. The zero-order chi connectivity index (χ0) is 23.8. The van der Waals surface area contributed by atoms with Crippen molar-refractivity contribution in [3.05, 3.63) is 59.5 Å². The molecule has 1 aromatic heterocycles. The third-order valence-electron chi connectivity index (χ3n) is 5.76. The van der Waals surface area contributed by atoms with E-state index in [0.29, 0.717) is 49.4 Å². The number of hydrogen-bond acceptors (Lipinski definition) is 5. The van der Waals surface area contributed by atoms with Crippen molar-refractivity contribution in [3.63, 3.8) is 0 Å². The molecule has 2 heterocycles. The van der Waals surface area contributed by atoms with Crippen molar-refractivity contribution in [1.29, 1.82) is 0 Å². The summed E-state index contributed by atoms with van der Waals surface area (Å²) in [6, 6.07) is 8.86. The van der Waals surface area contributed by atoms with Gasteiger partial charge in [0.2, 0.25) is 5.88 Å². The number of piperidine rings is 1. The minimum atomic E-state index is -0.388. The molecule has 0 aliphatic carbocycles. The van der Waals surface area contributed by atoms with Crippen LogP contribution in [0.2, 0.25) is 0 Å². The number of rotatable bonds is 8. The summed E-state index contributed by atoms with van der Waals surface area (Å²) in [4.78, 5) is 31.1. The van der Waals surface area contributed by atoms with Gasteiger partial charge in [0.15, 0.2) is 0 Å². The van der Waals surface area contributed by atoms with E-state index in [1.807, 2.05) is 19.9 Å². The third kappa shape index (κ3) is 7.17. The average Bonchev–Trinajstić information content (AvgIpc) is 2.83. The summed E-state index contributed by atoms with van der Waals surface area (Å²) >= 11 is 0. The van der Waals surface area contributed by atoms with Gasteiger partial charge in [0.25, 0.3) is 5.91 Å². The van der Waals surface area contributed by atoms with Crippen LogP contribution in [-0.4, -0.2) is 48.7 Å². The molecule has 1 aliphatic rings. The van der Waals surface area contributed by atoms with Crippen LogP contribution < -0.4 is 10.1 Å². The lowest BCUT2D eigenvalue weighted by atomic mass is 9.88. The number of aromatic nitrogens is 1. The summed E-state index contributed by atoms with van der Waals surface area (Å²) in [6.45, 7) is 5.69. The Morgan fingerprint density at radius 1 is 1.15 bits per heavy atom. The smallest absolute Gasteiger partial charge is 0.409 e. The van der Waals surface area contributed by atoms with Gasteiger partial charge in [0.05, 0.1) is 19.8 Å². The number of nitrogens with one attached hydrogen (secondary N) is 1. The molecule has 1 aromatic carbocycles. The highest BCUT2D eigenvalue weighted by molar-refractivity contribution is 5.94. The number of methoxy groups -OCH3 is 1. The number of carbonyl (C=O) groups excluding carboxylic acids is 2. The zero-order valence-corrected chi connectivity index (χ0v) is 19.4. The molecule has 0 saturated carbocycles. The van der Waals surface area contributed by atoms with E-state index in [4.69, 9.17) is 9.47 Å². The monoisotopic (exact) mass is 457 g/mol. The number of benzene rings is 1. The fourth-order valence-corrected chi connectivity index (χ4v) is 3.85. The van der Waals surface area contributed by atoms with Crippen LogP contribution in [0.4, 0.5) is 9.18 Å². The molecule has 0 bridgehead atoms. The van der Waals surface area contributed by atoms with Gasteiger partial charge in [-0.15, -0.1) is 0 Å². The van der Waals surface area contributed by atoms with Crippen LogP contribution >= 0.6 is 0 Å². The Morgan fingerprint density at radius 3 is 2.42 bits per heavy atom. The first-order chi connectivity index (χ1) is 15.9. The van der Waals surface area contributed by atoms with Crippen molar-refractivity contribution in [3.8, 4) is 5.88 Å². The molecule has 2 aromatic rings. The number of ether oxygens (including phenoxy) is 2. The number of halogens is 1. The number of amides is 2. The Bertz CT molecular complexity index is 910. The Hall–Kier alpha value is -3.16. The molecular weight excluding hydrogens is 425 g/mol. The second kappa shape index (κ2) is 11.6. The predicted octanol–water partition coefficient (Wildman–Crippen LogP) is 4.60. The Kier molecular flexibility index (Phi) is 8.63. The summed E-state index contributed by atoms with van der Waals surface area (Å²) in [5, 5.41) is 3.07. The molecule has 8 heteroatoms. The van der Waals surface area contributed by atoms with Crippen LogP contribution in [0.1, 0.15) is 55.1 Å². The average molecular weight is 458 g/mol. The number of nitrogens with zero attached hydrogens (tertiary/aromatic N) is 2. The Labute approximate surface area is 194 Å². The maximum Gasteiger partial charge on any atom is 0.409 e. The largest absolute Gasteiger partial charge is 0.481 e. The number of pyridine rings is 1. The highest BCUT2D eigenvalue weighted by Gasteiger charge is 2.27. The van der Waals surface area contributed by atoms with Crippen molar-refractivity contribution >= 4 is 12.0 Å². The molecule has 1 fully saturated rings. The summed E-state index contributed by atoms with van der Waals surface area (Å²) in [5.41, 5.74) is 1.26. The molecule has 1 N–H and O–H groups in total. The normalized spacial score (nSPS) is 15.2. The fourth-order valence-electron chi connectivity index (χ4n) is 3.85. The van der Waals surface area contributed by atoms with E-state index in [0.717, 1.165) is 18.4 Å². The summed E-state index contributed by atoms with van der Waals surface area (Å²) in [5.74, 6) is 0.456. The molecule has 2 amide bonds. The zero-order valence-electron chi connectivity index (χ0n) is 19.4. The lowest BCUT2D eigenvalue weighted by Crippen LogP contribution is -2.40. The van der Waals surface area contributed by atoms with E-state index >= 15 is 0 Å². The van der Waals surface area contributed by atoms with Crippen LogP contribution in [0.5, 0.6) is 5.88 Å². The minimum absolute atomic E-state index is 0.261. The van der Waals surface area contributed by atoms with Gasteiger partial charge in [0.1, 0.15) is 5.82 Å². The van der Waals surface area contributed by atoms with Crippen LogP contribution in [0, 0.1) is 17.7 Å². The van der Waals surface area contributed by atoms with E-state index in [2.05, 4.69) is 10.3 Å². The molecule has 178 valence electrons. The summed E-state index contributed by atoms with van der Waals surface area (Å²) < 4.78 is 23.7. The van der Waals surface area contributed by atoms with Gasteiger partial charge >= 0.3 is 6.09 Å². The maximum absolute atomic E-state index is 13.2. The van der Waals surface area contributed by atoms with Crippen molar-refractivity contribution in [2.45, 2.75) is 39.2 Å². The summed E-state index contributed by atoms with van der Waals surface area (Å²) in [6.07, 6.45) is 3.79. The second-order valence-corrected chi connectivity index (χ2v) is 8.80. The minimum Gasteiger partial charge on any atom is -0.481 e. The van der Waals surface area contributed by atoms with Crippen molar-refractivity contribution < 1.29 is 23.5 Å². The van der Waals surface area contributed by atoms with Crippen molar-refractivity contribution in [1.82, 2.24) is 15.2 Å². The van der Waals surface area contributed by atoms with E-state index in [1.165, 1.54) is 24.3 Å². The molecule has 7 nitrogen and oxygen atoms in total. The van der Waals surface area contributed by atoms with Gasteiger partial charge in [-0.25, -0.2) is 14.2 Å². The molecule has 1 unspecified atom stereocenters. The van der Waals surface area contributed by atoms with Gasteiger partial charge in [-0.05, 0) is 60.9 Å². The number of carbonyl (C=O) groups is 2. The molecule has 3 rings (SSSR count). The number of hydrogen-bond donors (Lipinski definition) is 1. The first kappa shape index (κ1) is 24.5. The van der Waals surface area contributed by atoms with E-state index in [9.17, 15) is 14.0 Å². The van der Waals surface area contributed by atoms with Gasteiger partial charge in [-0.3, -0.25) is 4.79 Å². The molecule has 1 atom stereocenters. The third-order valence-corrected chi connectivity index (χ3v) is 5.76. The maximum atomic E-state index is 13.2. The highest BCUT2D eigenvalue weighted by Crippen LogP contribution is 2.29. The van der Waals surface area contributed by atoms with Crippen LogP contribution in [0.25, 0.3) is 0 Å². The molecule has 1 aliphatic heterocycles. The number of likely N-dealkylation sites (tertiary alicyclic amines) is 1. The molecular formula is C25H32FN3O4. The van der Waals surface area contributed by atoms with Gasteiger partial charge < -0.3 is 19.7 Å². The molecule has 0 spiro atoms. The van der Waals surface area contributed by atoms with Crippen molar-refractivity contribution in [2.24, 2.45) is 11.8 Å². The van der Waals surface area contributed by atoms with Crippen LogP contribution in [0.3, 0.4) is 0 Å². The lowest BCUT2D eigenvalue weighted by molar-refractivity contribution is 0.0768. The van der Waals surface area contributed by atoms with Gasteiger partial charge in [0, 0.05) is 30.9 Å². The Morgan fingerprint density at radius 2 is 1.85 bits per heavy atom. The first-order valence-corrected chi connectivity index (χ1v) is 11.3. The van der Waals surface area contributed by atoms with Crippen molar-refractivity contribution in [2.75, 3.05) is 26.8 Å². The first-order valence-electron chi connectivity index (χ1n) is 11.3. The SMILES string of the molecule is COc1ccc(C(CC2CCN(C(=O)OCC(C)C)CC2)NC(=O)c2ccc(F)cc2)cn1. The quantitative estimate of drug-likeness (QED) is 0.627. The van der Waals surface area contributed by atoms with Gasteiger partial charge in [-0.1, -0.05) is 19.9 Å². The topological polar surface area (TPSA) is 80.8 Å².